The summed E-state index contributed by atoms with van der Waals surface area (Å²) in [5, 5.41) is 11.6. The molecule has 1 aromatic carbocycles. The van der Waals surface area contributed by atoms with E-state index in [4.69, 9.17) is 5.26 Å². The normalized spacial score (nSPS) is 15.2. The summed E-state index contributed by atoms with van der Waals surface area (Å²) in [6.07, 6.45) is -0.189. The van der Waals surface area contributed by atoms with Gasteiger partial charge in [-0.25, -0.2) is 0 Å². The first kappa shape index (κ1) is 16.0. The van der Waals surface area contributed by atoms with Crippen LogP contribution in [0, 0.1) is 11.3 Å². The fourth-order valence-electron chi connectivity index (χ4n) is 2.45. The summed E-state index contributed by atoms with van der Waals surface area (Å²) < 4.78 is 0. The Bertz CT molecular complexity index is 586. The van der Waals surface area contributed by atoms with E-state index >= 15 is 0 Å². The van der Waals surface area contributed by atoms with Crippen molar-refractivity contribution in [2.24, 2.45) is 0 Å². The minimum absolute atomic E-state index is 0.164. The highest BCUT2D eigenvalue weighted by Crippen LogP contribution is 2.14. The van der Waals surface area contributed by atoms with E-state index in [1.165, 1.54) is 0 Å². The molecule has 1 fully saturated rings. The molecule has 0 aromatic heterocycles. The number of benzene rings is 1. The molecule has 1 heterocycles. The zero-order valence-electron chi connectivity index (χ0n) is 12.7. The van der Waals surface area contributed by atoms with Gasteiger partial charge in [-0.2, -0.15) is 5.26 Å². The van der Waals surface area contributed by atoms with Crippen LogP contribution in [-0.4, -0.2) is 54.3 Å². The average molecular weight is 300 g/mol. The first-order valence-corrected chi connectivity index (χ1v) is 7.43. The predicted molar refractivity (Wildman–Crippen MR) is 83.1 cm³/mol. The van der Waals surface area contributed by atoms with Crippen LogP contribution in [0.2, 0.25) is 0 Å². The Kier molecular flexibility index (Phi) is 5.50. The highest BCUT2D eigenvalue weighted by molar-refractivity contribution is 6.04. The zero-order valence-corrected chi connectivity index (χ0v) is 12.7. The van der Waals surface area contributed by atoms with Crippen LogP contribution in [0.25, 0.3) is 0 Å². The largest absolute Gasteiger partial charge is 0.340 e. The molecule has 1 aliphatic rings. The number of carbonyl (C=O) groups excluding carboxylic acids is 2. The first-order chi connectivity index (χ1) is 10.6. The van der Waals surface area contributed by atoms with Crippen molar-refractivity contribution in [3.8, 4) is 6.07 Å². The summed E-state index contributed by atoms with van der Waals surface area (Å²) in [6, 6.07) is 8.76. The van der Waals surface area contributed by atoms with Crippen LogP contribution in [0.15, 0.2) is 24.3 Å². The number of amides is 2. The van der Waals surface area contributed by atoms with Gasteiger partial charge in [0.25, 0.3) is 0 Å². The number of nitriles is 1. The third-order valence-corrected chi connectivity index (χ3v) is 3.81. The standard InChI is InChI=1S/C16H20N4O2/c1-2-19-7-9-20(10-8-19)16(22)11-15(21)18-14-6-4-3-5-13(14)12-17/h3-6H,2,7-11H2,1H3,(H,18,21). The van der Waals surface area contributed by atoms with Gasteiger partial charge in [-0.3, -0.25) is 9.59 Å². The van der Waals surface area contributed by atoms with Gasteiger partial charge in [0.2, 0.25) is 11.8 Å². The van der Waals surface area contributed by atoms with Gasteiger partial charge < -0.3 is 15.1 Å². The van der Waals surface area contributed by atoms with Crippen molar-refractivity contribution in [1.82, 2.24) is 9.80 Å². The van der Waals surface area contributed by atoms with Crippen molar-refractivity contribution in [1.29, 1.82) is 5.26 Å². The molecule has 116 valence electrons. The summed E-state index contributed by atoms with van der Waals surface area (Å²) in [4.78, 5) is 28.1. The van der Waals surface area contributed by atoms with Gasteiger partial charge in [0, 0.05) is 26.2 Å². The number of likely N-dealkylation sites (N-methyl/N-ethyl adjacent to an activating group) is 1. The van der Waals surface area contributed by atoms with E-state index in [0.29, 0.717) is 24.3 Å². The Morgan fingerprint density at radius 3 is 2.55 bits per heavy atom. The molecule has 2 amide bonds. The number of piperazine rings is 1. The fourth-order valence-corrected chi connectivity index (χ4v) is 2.45. The smallest absolute Gasteiger partial charge is 0.233 e. The van der Waals surface area contributed by atoms with Gasteiger partial charge in [0.15, 0.2) is 0 Å². The Balaban J connectivity index is 1.87. The molecule has 1 aliphatic heterocycles. The SMILES string of the molecule is CCN1CCN(C(=O)CC(=O)Nc2ccccc2C#N)CC1. The maximum absolute atomic E-state index is 12.1. The van der Waals surface area contributed by atoms with Gasteiger partial charge in [-0.15, -0.1) is 0 Å². The summed E-state index contributed by atoms with van der Waals surface area (Å²) >= 11 is 0. The molecule has 1 N–H and O–H groups in total. The molecule has 1 aromatic rings. The Morgan fingerprint density at radius 2 is 1.91 bits per heavy atom. The lowest BCUT2D eigenvalue weighted by Gasteiger charge is -2.34. The molecule has 2 rings (SSSR count). The summed E-state index contributed by atoms with van der Waals surface area (Å²) in [5.41, 5.74) is 0.832. The van der Waals surface area contributed by atoms with Crippen LogP contribution < -0.4 is 5.32 Å². The molecule has 0 atom stereocenters. The van der Waals surface area contributed by atoms with Crippen molar-refractivity contribution in [3.63, 3.8) is 0 Å². The first-order valence-electron chi connectivity index (χ1n) is 7.43. The van der Waals surface area contributed by atoms with Crippen molar-refractivity contribution in [3.05, 3.63) is 29.8 Å². The van der Waals surface area contributed by atoms with Crippen LogP contribution in [0.5, 0.6) is 0 Å². The molecule has 0 aliphatic carbocycles. The lowest BCUT2D eigenvalue weighted by Crippen LogP contribution is -2.49. The van der Waals surface area contributed by atoms with Crippen LogP contribution in [-0.2, 0) is 9.59 Å². The lowest BCUT2D eigenvalue weighted by atomic mass is 10.2. The zero-order chi connectivity index (χ0) is 15.9. The number of para-hydroxylation sites is 1. The van der Waals surface area contributed by atoms with Gasteiger partial charge >= 0.3 is 0 Å². The van der Waals surface area contributed by atoms with Crippen LogP contribution in [0.1, 0.15) is 18.9 Å². The highest BCUT2D eigenvalue weighted by atomic mass is 16.2. The van der Waals surface area contributed by atoms with E-state index in [-0.39, 0.29) is 18.2 Å². The number of carbonyl (C=O) groups is 2. The van der Waals surface area contributed by atoms with Gasteiger partial charge in [0.05, 0.1) is 11.3 Å². The van der Waals surface area contributed by atoms with Crippen molar-refractivity contribution < 1.29 is 9.59 Å². The topological polar surface area (TPSA) is 76.4 Å². The maximum atomic E-state index is 12.1. The van der Waals surface area contributed by atoms with Crippen molar-refractivity contribution in [2.75, 3.05) is 38.0 Å². The molecule has 0 bridgehead atoms. The van der Waals surface area contributed by atoms with E-state index < -0.39 is 0 Å². The highest BCUT2D eigenvalue weighted by Gasteiger charge is 2.22. The molecule has 1 saturated heterocycles. The van der Waals surface area contributed by atoms with E-state index in [1.54, 1.807) is 29.2 Å². The van der Waals surface area contributed by atoms with Gasteiger partial charge in [-0.1, -0.05) is 19.1 Å². The molecular weight excluding hydrogens is 280 g/mol. The second kappa shape index (κ2) is 7.57. The van der Waals surface area contributed by atoms with E-state index in [1.807, 2.05) is 6.07 Å². The molecular formula is C16H20N4O2. The molecule has 0 spiro atoms. The molecule has 6 heteroatoms. The van der Waals surface area contributed by atoms with Gasteiger partial charge in [0.1, 0.15) is 12.5 Å². The Labute approximate surface area is 130 Å². The third-order valence-electron chi connectivity index (χ3n) is 3.81. The predicted octanol–water partition coefficient (Wildman–Crippen LogP) is 1.05. The minimum Gasteiger partial charge on any atom is -0.340 e. The Hall–Kier alpha value is -2.39. The fraction of sp³-hybridized carbons (Fsp3) is 0.438. The number of hydrogen-bond donors (Lipinski definition) is 1. The number of anilines is 1. The third kappa shape index (κ3) is 4.06. The number of rotatable bonds is 4. The van der Waals surface area contributed by atoms with Crippen molar-refractivity contribution >= 4 is 17.5 Å². The van der Waals surface area contributed by atoms with Crippen LogP contribution in [0.4, 0.5) is 5.69 Å². The van der Waals surface area contributed by atoms with Crippen molar-refractivity contribution in [2.45, 2.75) is 13.3 Å². The van der Waals surface area contributed by atoms with Crippen LogP contribution >= 0.6 is 0 Å². The number of nitrogens with one attached hydrogen (secondary N) is 1. The Morgan fingerprint density at radius 1 is 1.23 bits per heavy atom. The molecule has 0 radical (unpaired) electrons. The maximum Gasteiger partial charge on any atom is 0.233 e. The van der Waals surface area contributed by atoms with E-state index in [9.17, 15) is 9.59 Å². The lowest BCUT2D eigenvalue weighted by molar-refractivity contribution is -0.136. The summed E-state index contributed by atoms with van der Waals surface area (Å²) in [5.74, 6) is -0.548. The number of hydrogen-bond acceptors (Lipinski definition) is 4. The summed E-state index contributed by atoms with van der Waals surface area (Å²) in [6.45, 7) is 6.09. The van der Waals surface area contributed by atoms with E-state index in [2.05, 4.69) is 17.1 Å². The second-order valence-corrected chi connectivity index (χ2v) is 5.20. The number of nitrogens with zero attached hydrogens (tertiary/aromatic N) is 3. The molecule has 6 nitrogen and oxygen atoms in total. The molecule has 0 saturated carbocycles. The summed E-state index contributed by atoms with van der Waals surface area (Å²) in [7, 11) is 0. The van der Waals surface area contributed by atoms with E-state index in [0.717, 1.165) is 19.6 Å². The second-order valence-electron chi connectivity index (χ2n) is 5.20. The average Bonchev–Trinajstić information content (AvgIpc) is 2.55. The van der Waals surface area contributed by atoms with Gasteiger partial charge in [-0.05, 0) is 18.7 Å². The monoisotopic (exact) mass is 300 g/mol. The quantitative estimate of drug-likeness (QED) is 0.843. The molecule has 0 unspecified atom stereocenters. The minimum atomic E-state index is -0.384. The molecule has 22 heavy (non-hydrogen) atoms. The van der Waals surface area contributed by atoms with Crippen LogP contribution in [0.3, 0.4) is 0 Å².